The Bertz CT molecular complexity index is 985. The Kier molecular flexibility index (Phi) is 5.32. The lowest BCUT2D eigenvalue weighted by atomic mass is 10.1. The summed E-state index contributed by atoms with van der Waals surface area (Å²) < 4.78 is 42.0. The van der Waals surface area contributed by atoms with Gasteiger partial charge in [-0.25, -0.2) is 28.1 Å². The van der Waals surface area contributed by atoms with Crippen molar-refractivity contribution in [3.63, 3.8) is 0 Å². The Balaban J connectivity index is 2.26. The van der Waals surface area contributed by atoms with Crippen LogP contribution in [0.2, 0.25) is 5.15 Å². The minimum atomic E-state index is -1.09. The Morgan fingerprint density at radius 3 is 2.22 bits per heavy atom. The first kappa shape index (κ1) is 19.1. The molecule has 3 rings (SSSR count). The zero-order valence-electron chi connectivity index (χ0n) is 14.8. The van der Waals surface area contributed by atoms with Crippen molar-refractivity contribution < 1.29 is 13.2 Å². The molecule has 1 aromatic carbocycles. The van der Waals surface area contributed by atoms with Crippen molar-refractivity contribution in [3.8, 4) is 22.6 Å². The van der Waals surface area contributed by atoms with Gasteiger partial charge in [0.25, 0.3) is 0 Å². The molecule has 0 saturated carbocycles. The summed E-state index contributed by atoms with van der Waals surface area (Å²) in [5.74, 6) is -2.87. The molecule has 27 heavy (non-hydrogen) atoms. The number of pyridine rings is 1. The second-order valence-electron chi connectivity index (χ2n) is 6.27. The van der Waals surface area contributed by atoms with Gasteiger partial charge in [-0.1, -0.05) is 17.7 Å². The summed E-state index contributed by atoms with van der Waals surface area (Å²) in [7, 11) is 0. The highest BCUT2D eigenvalue weighted by Gasteiger charge is 2.23. The first-order valence-electron chi connectivity index (χ1n) is 8.19. The molecule has 0 atom stereocenters. The van der Waals surface area contributed by atoms with Gasteiger partial charge in [-0.05, 0) is 32.9 Å². The molecular formula is C19H16ClF3N4. The third kappa shape index (κ3) is 4.03. The third-order valence-electron chi connectivity index (χ3n) is 3.66. The summed E-state index contributed by atoms with van der Waals surface area (Å²) in [6.45, 7) is 5.49. The molecule has 0 aliphatic heterocycles. The fourth-order valence-corrected chi connectivity index (χ4v) is 2.86. The molecule has 2 aromatic heterocycles. The standard InChI is InChI=1S/C19H16ClF3N4/c1-9(2)24-19-16(15-12(22)7-11(21)8-13(15)23)17(20)26-18(27-19)14-6-4-5-10(3)25-14/h4-9H,1-3H3,(H,24,26,27). The average molecular weight is 393 g/mol. The fourth-order valence-electron chi connectivity index (χ4n) is 2.60. The van der Waals surface area contributed by atoms with Crippen molar-refractivity contribution in [1.82, 2.24) is 15.0 Å². The van der Waals surface area contributed by atoms with Crippen LogP contribution in [0.3, 0.4) is 0 Å². The van der Waals surface area contributed by atoms with Gasteiger partial charge in [-0.2, -0.15) is 0 Å². The number of hydrogen-bond acceptors (Lipinski definition) is 4. The van der Waals surface area contributed by atoms with Gasteiger partial charge in [0.2, 0.25) is 0 Å². The molecular weight excluding hydrogens is 377 g/mol. The highest BCUT2D eigenvalue weighted by atomic mass is 35.5. The van der Waals surface area contributed by atoms with E-state index in [2.05, 4.69) is 20.3 Å². The molecule has 0 unspecified atom stereocenters. The fraction of sp³-hybridized carbons (Fsp3) is 0.211. The molecule has 2 heterocycles. The number of aromatic nitrogens is 3. The molecule has 1 N–H and O–H groups in total. The number of hydrogen-bond donors (Lipinski definition) is 1. The maximum atomic E-state index is 14.3. The summed E-state index contributed by atoms with van der Waals surface area (Å²) in [5, 5.41) is 2.85. The zero-order valence-corrected chi connectivity index (χ0v) is 15.6. The Labute approximate surface area is 159 Å². The third-order valence-corrected chi connectivity index (χ3v) is 3.94. The van der Waals surface area contributed by atoms with Crippen LogP contribution in [-0.2, 0) is 0 Å². The molecule has 0 fully saturated rings. The largest absolute Gasteiger partial charge is 0.367 e. The summed E-state index contributed by atoms with van der Waals surface area (Å²) >= 11 is 6.28. The van der Waals surface area contributed by atoms with Crippen LogP contribution in [0.5, 0.6) is 0 Å². The van der Waals surface area contributed by atoms with Crippen molar-refractivity contribution in [2.24, 2.45) is 0 Å². The molecule has 0 bridgehead atoms. The van der Waals surface area contributed by atoms with Gasteiger partial charge in [0.05, 0.1) is 11.1 Å². The van der Waals surface area contributed by atoms with Crippen LogP contribution in [0.1, 0.15) is 19.5 Å². The summed E-state index contributed by atoms with van der Waals surface area (Å²) in [6.07, 6.45) is 0. The first-order valence-corrected chi connectivity index (χ1v) is 8.57. The lowest BCUT2D eigenvalue weighted by Gasteiger charge is -2.17. The number of halogens is 4. The van der Waals surface area contributed by atoms with E-state index in [-0.39, 0.29) is 28.4 Å². The van der Waals surface area contributed by atoms with Crippen LogP contribution in [0.15, 0.2) is 30.3 Å². The van der Waals surface area contributed by atoms with Crippen LogP contribution in [-0.4, -0.2) is 21.0 Å². The van der Waals surface area contributed by atoms with Crippen LogP contribution in [0, 0.1) is 24.4 Å². The van der Waals surface area contributed by atoms with Gasteiger partial charge in [0.15, 0.2) is 5.82 Å². The van der Waals surface area contributed by atoms with Crippen LogP contribution >= 0.6 is 11.6 Å². The molecule has 0 radical (unpaired) electrons. The molecule has 0 saturated heterocycles. The van der Waals surface area contributed by atoms with Gasteiger partial charge in [0, 0.05) is 23.9 Å². The molecule has 0 aliphatic rings. The number of benzene rings is 1. The van der Waals surface area contributed by atoms with E-state index in [1.807, 2.05) is 26.8 Å². The quantitative estimate of drug-likeness (QED) is 0.603. The second-order valence-corrected chi connectivity index (χ2v) is 6.63. The van der Waals surface area contributed by atoms with E-state index >= 15 is 0 Å². The lowest BCUT2D eigenvalue weighted by Crippen LogP contribution is -2.14. The number of nitrogens with zero attached hydrogens (tertiary/aromatic N) is 3. The first-order chi connectivity index (χ1) is 12.8. The van der Waals surface area contributed by atoms with Crippen molar-refractivity contribution in [3.05, 3.63) is 58.6 Å². The average Bonchev–Trinajstić information content (AvgIpc) is 2.55. The summed E-state index contributed by atoms with van der Waals surface area (Å²) in [6, 6.07) is 6.37. The summed E-state index contributed by atoms with van der Waals surface area (Å²) in [5.41, 5.74) is 0.658. The molecule has 0 aliphatic carbocycles. The predicted molar refractivity (Wildman–Crippen MR) is 99.1 cm³/mol. The van der Waals surface area contributed by atoms with E-state index in [9.17, 15) is 13.2 Å². The van der Waals surface area contributed by atoms with Crippen LogP contribution in [0.4, 0.5) is 19.0 Å². The second kappa shape index (κ2) is 7.52. The van der Waals surface area contributed by atoms with E-state index < -0.39 is 23.0 Å². The molecule has 3 aromatic rings. The maximum absolute atomic E-state index is 14.3. The number of rotatable bonds is 4. The van der Waals surface area contributed by atoms with Crippen LogP contribution in [0.25, 0.3) is 22.6 Å². The smallest absolute Gasteiger partial charge is 0.181 e. The van der Waals surface area contributed by atoms with Gasteiger partial charge < -0.3 is 5.32 Å². The topological polar surface area (TPSA) is 50.7 Å². The Morgan fingerprint density at radius 2 is 1.63 bits per heavy atom. The molecule has 0 spiro atoms. The normalized spacial score (nSPS) is 11.1. The minimum absolute atomic E-state index is 0.0724. The Hall–Kier alpha value is -2.67. The van der Waals surface area contributed by atoms with E-state index in [1.54, 1.807) is 12.1 Å². The van der Waals surface area contributed by atoms with Crippen molar-refractivity contribution in [2.75, 3.05) is 5.32 Å². The zero-order chi connectivity index (χ0) is 19.7. The van der Waals surface area contributed by atoms with E-state index in [0.29, 0.717) is 17.8 Å². The molecule has 140 valence electrons. The van der Waals surface area contributed by atoms with Gasteiger partial charge >= 0.3 is 0 Å². The number of aryl methyl sites for hydroxylation is 1. The highest BCUT2D eigenvalue weighted by molar-refractivity contribution is 6.32. The monoisotopic (exact) mass is 392 g/mol. The lowest BCUT2D eigenvalue weighted by molar-refractivity contribution is 0.548. The van der Waals surface area contributed by atoms with E-state index in [1.165, 1.54) is 0 Å². The van der Waals surface area contributed by atoms with E-state index in [0.717, 1.165) is 5.69 Å². The Morgan fingerprint density at radius 1 is 0.963 bits per heavy atom. The maximum Gasteiger partial charge on any atom is 0.181 e. The SMILES string of the molecule is Cc1cccc(-c2nc(Cl)c(-c3c(F)cc(F)cc3F)c(NC(C)C)n2)n1. The molecule has 8 heteroatoms. The van der Waals surface area contributed by atoms with Gasteiger partial charge in [0.1, 0.15) is 34.1 Å². The molecule has 4 nitrogen and oxygen atoms in total. The minimum Gasteiger partial charge on any atom is -0.367 e. The highest BCUT2D eigenvalue weighted by Crippen LogP contribution is 2.38. The van der Waals surface area contributed by atoms with Crippen molar-refractivity contribution in [1.29, 1.82) is 0 Å². The van der Waals surface area contributed by atoms with Crippen molar-refractivity contribution in [2.45, 2.75) is 26.8 Å². The number of anilines is 1. The van der Waals surface area contributed by atoms with Gasteiger partial charge in [-0.15, -0.1) is 0 Å². The van der Waals surface area contributed by atoms with E-state index in [4.69, 9.17) is 11.6 Å². The van der Waals surface area contributed by atoms with Gasteiger partial charge in [-0.3, -0.25) is 0 Å². The summed E-state index contributed by atoms with van der Waals surface area (Å²) in [4.78, 5) is 12.9. The predicted octanol–water partition coefficient (Wildman–Crippen LogP) is 5.41. The van der Waals surface area contributed by atoms with Crippen molar-refractivity contribution >= 4 is 17.4 Å². The number of nitrogens with one attached hydrogen (secondary N) is 1. The van der Waals surface area contributed by atoms with Crippen LogP contribution < -0.4 is 5.32 Å². The molecule has 0 amide bonds.